The van der Waals surface area contributed by atoms with Crippen LogP contribution in [0.25, 0.3) is 0 Å². The summed E-state index contributed by atoms with van der Waals surface area (Å²) in [7, 11) is 0. The van der Waals surface area contributed by atoms with Gasteiger partial charge in [-0.2, -0.15) is 0 Å². The summed E-state index contributed by atoms with van der Waals surface area (Å²) in [6.07, 6.45) is 1.69. The molecule has 0 spiro atoms. The van der Waals surface area contributed by atoms with Gasteiger partial charge < -0.3 is 9.47 Å². The predicted octanol–water partition coefficient (Wildman–Crippen LogP) is 2.04. The Bertz CT molecular complexity index is 571. The van der Waals surface area contributed by atoms with Crippen LogP contribution >= 0.6 is 0 Å². The molecule has 0 aromatic carbocycles. The van der Waals surface area contributed by atoms with Crippen LogP contribution in [0.3, 0.4) is 0 Å². The molecule has 1 aromatic heterocycles. The minimum absolute atomic E-state index is 0.0137. The van der Waals surface area contributed by atoms with Gasteiger partial charge in [-0.1, -0.05) is 0 Å². The van der Waals surface area contributed by atoms with Crippen molar-refractivity contribution in [2.24, 2.45) is 0 Å². The first kappa shape index (κ1) is 16.4. The zero-order chi connectivity index (χ0) is 16.3. The third kappa shape index (κ3) is 3.79. The van der Waals surface area contributed by atoms with Gasteiger partial charge in [-0.25, -0.2) is 9.18 Å². The maximum Gasteiger partial charge on any atom is 0.411 e. The third-order valence-electron chi connectivity index (χ3n) is 3.10. The minimum atomic E-state index is -0.902. The second kappa shape index (κ2) is 6.39. The summed E-state index contributed by atoms with van der Waals surface area (Å²) in [6.45, 7) is 5.76. The van der Waals surface area contributed by atoms with E-state index in [2.05, 4.69) is 4.98 Å². The molecule has 2 rings (SSSR count). The number of hydrogen-bond acceptors (Lipinski definition) is 5. The van der Waals surface area contributed by atoms with Crippen LogP contribution in [0.4, 0.5) is 9.18 Å². The molecule has 0 bridgehead atoms. The van der Waals surface area contributed by atoms with Gasteiger partial charge in [0.1, 0.15) is 11.6 Å². The van der Waals surface area contributed by atoms with E-state index in [0.717, 1.165) is 6.20 Å². The van der Waals surface area contributed by atoms with Gasteiger partial charge in [0.2, 0.25) is 0 Å². The molecule has 6 nitrogen and oxygen atoms in total. The van der Waals surface area contributed by atoms with Crippen molar-refractivity contribution in [3.05, 3.63) is 29.8 Å². The fraction of sp³-hybridized carbons (Fsp3) is 0.533. The maximum atomic E-state index is 13.7. The number of halogens is 1. The number of carbonyl (C=O) groups is 2. The van der Waals surface area contributed by atoms with Crippen molar-refractivity contribution in [1.82, 2.24) is 9.88 Å². The number of Topliss-reactive ketones (excluding diaryl/α,β-unsaturated/α-hetero) is 1. The zero-order valence-electron chi connectivity index (χ0n) is 12.8. The first-order chi connectivity index (χ1) is 10.3. The summed E-state index contributed by atoms with van der Waals surface area (Å²) in [5.41, 5.74) is -0.788. The number of carbonyl (C=O) groups excluding carboxylic acids is 2. The van der Waals surface area contributed by atoms with Crippen LogP contribution in [-0.2, 0) is 9.47 Å². The van der Waals surface area contributed by atoms with Crippen LogP contribution in [-0.4, -0.2) is 53.2 Å². The molecule has 1 aromatic rings. The molecule has 0 radical (unpaired) electrons. The molecule has 1 unspecified atom stereocenters. The molecule has 1 aliphatic heterocycles. The van der Waals surface area contributed by atoms with Crippen molar-refractivity contribution in [1.29, 1.82) is 0 Å². The van der Waals surface area contributed by atoms with Gasteiger partial charge in [-0.05, 0) is 26.8 Å². The Morgan fingerprint density at radius 2 is 2.18 bits per heavy atom. The van der Waals surface area contributed by atoms with E-state index in [0.29, 0.717) is 6.61 Å². The van der Waals surface area contributed by atoms with Crippen LogP contribution in [0.5, 0.6) is 0 Å². The predicted molar refractivity (Wildman–Crippen MR) is 76.1 cm³/mol. The Morgan fingerprint density at radius 3 is 2.82 bits per heavy atom. The van der Waals surface area contributed by atoms with Crippen molar-refractivity contribution in [3.63, 3.8) is 0 Å². The van der Waals surface area contributed by atoms with Crippen molar-refractivity contribution < 1.29 is 23.5 Å². The van der Waals surface area contributed by atoms with Crippen molar-refractivity contribution in [3.8, 4) is 0 Å². The second-order valence-corrected chi connectivity index (χ2v) is 5.98. The fourth-order valence-corrected chi connectivity index (χ4v) is 2.11. The van der Waals surface area contributed by atoms with E-state index in [1.165, 1.54) is 17.2 Å². The fourth-order valence-electron chi connectivity index (χ4n) is 2.11. The van der Waals surface area contributed by atoms with Gasteiger partial charge in [0.25, 0.3) is 0 Å². The molecule has 1 fully saturated rings. The molecule has 22 heavy (non-hydrogen) atoms. The van der Waals surface area contributed by atoms with Gasteiger partial charge in [-0.15, -0.1) is 0 Å². The molecule has 1 aliphatic rings. The molecular weight excluding hydrogens is 291 g/mol. The summed E-state index contributed by atoms with van der Waals surface area (Å²) in [6, 6.07) is 0.389. The highest BCUT2D eigenvalue weighted by Gasteiger charge is 2.36. The Morgan fingerprint density at radius 1 is 1.45 bits per heavy atom. The molecule has 1 amide bonds. The molecule has 0 N–H and O–H groups in total. The van der Waals surface area contributed by atoms with Gasteiger partial charge in [-0.3, -0.25) is 14.7 Å². The topological polar surface area (TPSA) is 68.7 Å². The molecule has 0 aliphatic carbocycles. The Kier molecular flexibility index (Phi) is 4.75. The summed E-state index contributed by atoms with van der Waals surface area (Å²) in [4.78, 5) is 29.6. The molecule has 0 saturated carbocycles. The normalized spacial score (nSPS) is 18.9. The largest absolute Gasteiger partial charge is 0.444 e. The maximum absolute atomic E-state index is 13.7. The van der Waals surface area contributed by atoms with Crippen LogP contribution in [0.1, 0.15) is 31.1 Å². The third-order valence-corrected chi connectivity index (χ3v) is 3.10. The molecule has 1 atom stereocenters. The van der Waals surface area contributed by atoms with Gasteiger partial charge >= 0.3 is 6.09 Å². The molecule has 120 valence electrons. The van der Waals surface area contributed by atoms with E-state index in [1.54, 1.807) is 20.8 Å². The van der Waals surface area contributed by atoms with E-state index in [9.17, 15) is 14.0 Å². The van der Waals surface area contributed by atoms with Gasteiger partial charge in [0.15, 0.2) is 11.6 Å². The van der Waals surface area contributed by atoms with Crippen LogP contribution < -0.4 is 0 Å². The van der Waals surface area contributed by atoms with E-state index in [-0.39, 0.29) is 18.7 Å². The van der Waals surface area contributed by atoms with Gasteiger partial charge in [0.05, 0.1) is 25.0 Å². The lowest BCUT2D eigenvalue weighted by Crippen LogP contribution is -2.54. The average Bonchev–Trinajstić information content (AvgIpc) is 2.45. The van der Waals surface area contributed by atoms with E-state index >= 15 is 0 Å². The van der Waals surface area contributed by atoms with Crippen molar-refractivity contribution in [2.75, 3.05) is 19.8 Å². The van der Waals surface area contributed by atoms with E-state index in [1.807, 2.05) is 0 Å². The van der Waals surface area contributed by atoms with Crippen molar-refractivity contribution >= 4 is 11.9 Å². The number of morpholine rings is 1. The lowest BCUT2D eigenvalue weighted by Gasteiger charge is -2.35. The van der Waals surface area contributed by atoms with E-state index < -0.39 is 29.3 Å². The Labute approximate surface area is 128 Å². The van der Waals surface area contributed by atoms with Crippen LogP contribution in [0, 0.1) is 5.82 Å². The Balaban J connectivity index is 2.21. The zero-order valence-corrected chi connectivity index (χ0v) is 12.8. The standard InChI is InChI=1S/C15H19FN2O4/c1-15(2,3)22-14(20)18-6-7-21-9-12(18)13(19)10-4-5-17-8-11(10)16/h4-5,8,12H,6-7,9H2,1-3H3. The van der Waals surface area contributed by atoms with Crippen LogP contribution in [0.2, 0.25) is 0 Å². The van der Waals surface area contributed by atoms with E-state index in [4.69, 9.17) is 9.47 Å². The average molecular weight is 310 g/mol. The SMILES string of the molecule is CC(C)(C)OC(=O)N1CCOCC1C(=O)c1ccncc1F. The first-order valence-corrected chi connectivity index (χ1v) is 7.00. The second-order valence-electron chi connectivity index (χ2n) is 5.98. The lowest BCUT2D eigenvalue weighted by atomic mass is 10.0. The number of ketones is 1. The van der Waals surface area contributed by atoms with Gasteiger partial charge in [0, 0.05) is 12.7 Å². The molecule has 1 saturated heterocycles. The first-order valence-electron chi connectivity index (χ1n) is 7.00. The summed E-state index contributed by atoms with van der Waals surface area (Å²) >= 11 is 0. The molecule has 7 heteroatoms. The number of hydrogen-bond donors (Lipinski definition) is 0. The minimum Gasteiger partial charge on any atom is -0.444 e. The summed E-state index contributed by atoms with van der Waals surface area (Å²) < 4.78 is 24.3. The number of rotatable bonds is 2. The van der Waals surface area contributed by atoms with Crippen molar-refractivity contribution in [2.45, 2.75) is 32.4 Å². The monoisotopic (exact) mass is 310 g/mol. The molecular formula is C15H19FN2O4. The number of nitrogens with zero attached hydrogens (tertiary/aromatic N) is 2. The highest BCUT2D eigenvalue weighted by atomic mass is 19.1. The van der Waals surface area contributed by atoms with Crippen LogP contribution in [0.15, 0.2) is 18.5 Å². The number of aromatic nitrogens is 1. The lowest BCUT2D eigenvalue weighted by molar-refractivity contribution is -0.0266. The number of pyridine rings is 1. The summed E-state index contributed by atoms with van der Waals surface area (Å²) in [5.74, 6) is -1.24. The smallest absolute Gasteiger partial charge is 0.411 e. The highest BCUT2D eigenvalue weighted by molar-refractivity contribution is 6.01. The highest BCUT2D eigenvalue weighted by Crippen LogP contribution is 2.18. The quantitative estimate of drug-likeness (QED) is 0.782. The number of amides is 1. The Hall–Kier alpha value is -2.02. The molecule has 2 heterocycles. The summed E-state index contributed by atoms with van der Waals surface area (Å²) in [5, 5.41) is 0. The number of ether oxygens (including phenoxy) is 2.